The molecule has 0 saturated heterocycles. The Morgan fingerprint density at radius 3 is 2.61 bits per heavy atom. The maximum Gasteiger partial charge on any atom is 0.0931 e. The first-order chi connectivity index (χ1) is 11.2. The number of benzene rings is 1. The molecule has 0 aliphatic heterocycles. The highest BCUT2D eigenvalue weighted by Crippen LogP contribution is 2.26. The number of nitrogens with one attached hydrogen (secondary N) is 2. The van der Waals surface area contributed by atoms with E-state index in [9.17, 15) is 0 Å². The van der Waals surface area contributed by atoms with E-state index in [4.69, 9.17) is 10.8 Å². The zero-order chi connectivity index (χ0) is 17.1. The van der Waals surface area contributed by atoms with Crippen LogP contribution >= 0.6 is 24.4 Å². The lowest BCUT2D eigenvalue weighted by molar-refractivity contribution is 0.299. The second-order valence-electron chi connectivity index (χ2n) is 4.60. The highest BCUT2D eigenvalue weighted by atomic mass is 32.2. The summed E-state index contributed by atoms with van der Waals surface area (Å²) in [6.07, 6.45) is 2.29. The van der Waals surface area contributed by atoms with Crippen molar-refractivity contribution in [3.63, 3.8) is 0 Å². The second kappa shape index (κ2) is 11.2. The van der Waals surface area contributed by atoms with E-state index in [2.05, 4.69) is 28.3 Å². The minimum Gasteiger partial charge on any atom is -0.396 e. The summed E-state index contributed by atoms with van der Waals surface area (Å²) < 4.78 is 0. The molecule has 0 aliphatic carbocycles. The molecule has 0 aliphatic rings. The average Bonchev–Trinajstić information content (AvgIpc) is 2.58. The molecule has 0 atom stereocenters. The summed E-state index contributed by atoms with van der Waals surface area (Å²) in [7, 11) is 1.86. The van der Waals surface area contributed by atoms with Crippen LogP contribution in [0.4, 0.5) is 5.69 Å². The quantitative estimate of drug-likeness (QED) is 0.155. The monoisotopic (exact) mass is 352 g/mol. The Labute approximate surface area is 147 Å². The van der Waals surface area contributed by atoms with Gasteiger partial charge in [-0.1, -0.05) is 12.1 Å². The summed E-state index contributed by atoms with van der Waals surface area (Å²) >= 11 is 5.74. The van der Waals surface area contributed by atoms with Crippen LogP contribution < -0.4 is 16.4 Å². The normalized spacial score (nSPS) is 13.2. The molecule has 126 valence electrons. The van der Waals surface area contributed by atoms with Crippen molar-refractivity contribution in [3.8, 4) is 0 Å². The number of aliphatic imine (C=N–C) groups is 1. The fourth-order valence-corrected chi connectivity index (χ4v) is 2.82. The Bertz CT molecular complexity index is 568. The zero-order valence-corrected chi connectivity index (χ0v) is 15.1. The van der Waals surface area contributed by atoms with Crippen molar-refractivity contribution in [1.82, 2.24) is 5.32 Å². The largest absolute Gasteiger partial charge is 0.396 e. The Balaban J connectivity index is 2.77. The molecular formula is C16H24N4OS2. The fourth-order valence-electron chi connectivity index (χ4n) is 1.79. The van der Waals surface area contributed by atoms with Crippen LogP contribution in [0.2, 0.25) is 0 Å². The Morgan fingerprint density at radius 2 is 2.09 bits per heavy atom. The van der Waals surface area contributed by atoms with E-state index in [1.165, 1.54) is 11.8 Å². The van der Waals surface area contributed by atoms with Crippen molar-refractivity contribution in [3.05, 3.63) is 51.5 Å². The number of thiol groups is 1. The van der Waals surface area contributed by atoms with Crippen LogP contribution in [0.15, 0.2) is 51.0 Å². The number of hydrogen-bond donors (Lipinski definition) is 5. The molecule has 1 aromatic rings. The van der Waals surface area contributed by atoms with E-state index in [1.807, 2.05) is 38.2 Å². The number of allylic oxidation sites excluding steroid dienone is 1. The molecule has 0 unspecified atom stereocenters. The van der Waals surface area contributed by atoms with E-state index in [-0.39, 0.29) is 6.61 Å². The van der Waals surface area contributed by atoms with E-state index in [0.29, 0.717) is 12.3 Å². The first-order valence-corrected chi connectivity index (χ1v) is 8.71. The highest BCUT2D eigenvalue weighted by Gasteiger charge is 2.07. The molecule has 7 heteroatoms. The number of rotatable bonds is 9. The molecule has 0 amide bonds. The van der Waals surface area contributed by atoms with Crippen LogP contribution in [-0.2, 0) is 6.42 Å². The second-order valence-corrected chi connectivity index (χ2v) is 5.89. The highest BCUT2D eigenvalue weighted by molar-refractivity contribution is 8.03. The Morgan fingerprint density at radius 1 is 1.39 bits per heavy atom. The topological polar surface area (TPSA) is 82.7 Å². The van der Waals surface area contributed by atoms with Crippen LogP contribution in [0.1, 0.15) is 12.5 Å². The van der Waals surface area contributed by atoms with Crippen LogP contribution in [0.3, 0.4) is 0 Å². The number of aliphatic hydroxyl groups is 1. The smallest absolute Gasteiger partial charge is 0.0931 e. The van der Waals surface area contributed by atoms with Gasteiger partial charge in [0, 0.05) is 30.9 Å². The summed E-state index contributed by atoms with van der Waals surface area (Å²) in [5.41, 5.74) is 9.39. The van der Waals surface area contributed by atoms with Crippen molar-refractivity contribution in [2.24, 2.45) is 10.7 Å². The van der Waals surface area contributed by atoms with E-state index in [1.54, 1.807) is 11.7 Å². The molecule has 0 aromatic heterocycles. The van der Waals surface area contributed by atoms with Gasteiger partial charge in [-0.2, -0.15) is 0 Å². The van der Waals surface area contributed by atoms with E-state index < -0.39 is 0 Å². The molecule has 0 radical (unpaired) electrons. The molecule has 5 N–H and O–H groups in total. The number of thioether (sulfide) groups is 1. The molecule has 5 nitrogen and oxygen atoms in total. The average molecular weight is 353 g/mol. The fraction of sp³-hybridized carbons (Fsp3) is 0.312. The van der Waals surface area contributed by atoms with Crippen molar-refractivity contribution in [2.75, 3.05) is 24.8 Å². The first-order valence-electron chi connectivity index (χ1n) is 7.21. The molecule has 0 fully saturated rings. The predicted octanol–water partition coefficient (Wildman–Crippen LogP) is 2.53. The number of nitrogens with zero attached hydrogens (tertiary/aromatic N) is 1. The maximum absolute atomic E-state index is 8.91. The summed E-state index contributed by atoms with van der Waals surface area (Å²) in [4.78, 5) is 5.38. The third-order valence-electron chi connectivity index (χ3n) is 3.09. The van der Waals surface area contributed by atoms with Crippen LogP contribution in [0, 0.1) is 0 Å². The van der Waals surface area contributed by atoms with Gasteiger partial charge in [0.25, 0.3) is 0 Å². The summed E-state index contributed by atoms with van der Waals surface area (Å²) in [6.45, 7) is 2.13. The van der Waals surface area contributed by atoms with E-state index in [0.717, 1.165) is 27.6 Å². The number of nitrogens with two attached hydrogens (primary N) is 1. The maximum atomic E-state index is 8.91. The van der Waals surface area contributed by atoms with Gasteiger partial charge in [0.15, 0.2) is 0 Å². The van der Waals surface area contributed by atoms with Crippen molar-refractivity contribution in [1.29, 1.82) is 0 Å². The van der Waals surface area contributed by atoms with E-state index >= 15 is 0 Å². The molecule has 0 heterocycles. The number of aliphatic hydroxyl groups excluding tert-OH is 1. The SMILES string of the molecule is CN/C(C)=C(SCN)/C(=C/S)N=CNc1ccc(CCO)cc1. The lowest BCUT2D eigenvalue weighted by Crippen LogP contribution is -2.07. The molecule has 0 bridgehead atoms. The van der Waals surface area contributed by atoms with Crippen LogP contribution in [-0.4, -0.2) is 31.0 Å². The third kappa shape index (κ3) is 6.70. The van der Waals surface area contributed by atoms with Gasteiger partial charge in [0.05, 0.1) is 16.9 Å². The van der Waals surface area contributed by atoms with Gasteiger partial charge in [-0.3, -0.25) is 0 Å². The van der Waals surface area contributed by atoms with Crippen molar-refractivity contribution >= 4 is 36.4 Å². The molecule has 23 heavy (non-hydrogen) atoms. The zero-order valence-electron chi connectivity index (χ0n) is 13.4. The number of anilines is 1. The first kappa shape index (κ1) is 19.6. The lowest BCUT2D eigenvalue weighted by atomic mass is 10.1. The summed E-state index contributed by atoms with van der Waals surface area (Å²) in [6, 6.07) is 7.85. The van der Waals surface area contributed by atoms with Gasteiger partial charge < -0.3 is 21.5 Å². The molecule has 1 aromatic carbocycles. The minimum atomic E-state index is 0.156. The van der Waals surface area contributed by atoms with Gasteiger partial charge >= 0.3 is 0 Å². The van der Waals surface area contributed by atoms with Gasteiger partial charge in [-0.25, -0.2) is 4.99 Å². The molecule has 0 spiro atoms. The van der Waals surface area contributed by atoms with Crippen molar-refractivity contribution in [2.45, 2.75) is 13.3 Å². The van der Waals surface area contributed by atoms with Gasteiger partial charge in [0.1, 0.15) is 0 Å². The van der Waals surface area contributed by atoms with Crippen LogP contribution in [0.25, 0.3) is 0 Å². The number of hydrogen-bond acceptors (Lipinski definition) is 6. The van der Waals surface area contributed by atoms with Gasteiger partial charge in [-0.05, 0) is 36.4 Å². The van der Waals surface area contributed by atoms with Crippen molar-refractivity contribution < 1.29 is 5.11 Å². The summed E-state index contributed by atoms with van der Waals surface area (Å²) in [5, 5.41) is 16.8. The van der Waals surface area contributed by atoms with Crippen LogP contribution in [0.5, 0.6) is 0 Å². The molecule has 1 rings (SSSR count). The third-order valence-corrected chi connectivity index (χ3v) is 4.30. The predicted molar refractivity (Wildman–Crippen MR) is 105 cm³/mol. The lowest BCUT2D eigenvalue weighted by Gasteiger charge is -2.11. The standard InChI is InChI=1S/C16H24N4OS2/c1-12(18-2)16(23-10-17)15(9-22)20-11-19-14-5-3-13(4-6-14)7-8-21/h3-6,9,11,18,21-22H,7-8,10,17H2,1-2H3,(H,19,20)/b15-9-,16-12-. The molecule has 0 saturated carbocycles. The van der Waals surface area contributed by atoms with Gasteiger partial charge in [0.2, 0.25) is 0 Å². The Hall–Kier alpha value is -1.41. The summed E-state index contributed by atoms with van der Waals surface area (Å²) in [5.74, 6) is 0.467. The Kier molecular flexibility index (Phi) is 9.54. The molecular weight excluding hydrogens is 328 g/mol. The minimum absolute atomic E-state index is 0.156. The van der Waals surface area contributed by atoms with Gasteiger partial charge in [-0.15, -0.1) is 24.4 Å².